The predicted molar refractivity (Wildman–Crippen MR) is 133 cm³/mol. The Kier molecular flexibility index (Phi) is 5.21. The molecule has 0 saturated carbocycles. The van der Waals surface area contributed by atoms with E-state index in [1.54, 1.807) is 0 Å². The molecular formula is C25H22Cl2N2OS2. The number of fused-ring (bicyclic) bond motifs is 5. The summed E-state index contributed by atoms with van der Waals surface area (Å²) < 4.78 is 1.16. The van der Waals surface area contributed by atoms with Crippen LogP contribution < -0.4 is 5.32 Å². The SMILES string of the molecule is CC12NCCN1C(c1ccc(Cl)cc1)Cc1c2sc2c1C(=O)CC(c1ccc(Cl)cc1)S2. The Morgan fingerprint density at radius 1 is 1.00 bits per heavy atom. The molecule has 0 bridgehead atoms. The number of thiophene rings is 1. The quantitative estimate of drug-likeness (QED) is 0.416. The number of halogens is 2. The maximum absolute atomic E-state index is 13.5. The fourth-order valence-corrected chi connectivity index (χ4v) is 8.81. The summed E-state index contributed by atoms with van der Waals surface area (Å²) in [6.45, 7) is 4.20. The van der Waals surface area contributed by atoms with Gasteiger partial charge in [0, 0.05) is 51.3 Å². The normalized spacial score (nSPS) is 27.2. The van der Waals surface area contributed by atoms with Crippen LogP contribution >= 0.6 is 46.3 Å². The molecule has 3 aliphatic heterocycles. The number of Topliss-reactive ketones (excluding diaryl/α,β-unsaturated/α-hetero) is 1. The van der Waals surface area contributed by atoms with E-state index in [-0.39, 0.29) is 22.7 Å². The van der Waals surface area contributed by atoms with Crippen LogP contribution in [0.15, 0.2) is 52.7 Å². The Labute approximate surface area is 206 Å². The number of carbonyl (C=O) groups is 1. The maximum Gasteiger partial charge on any atom is 0.166 e. The lowest BCUT2D eigenvalue weighted by atomic mass is 9.85. The van der Waals surface area contributed by atoms with Crippen LogP contribution in [0.2, 0.25) is 10.0 Å². The highest BCUT2D eigenvalue weighted by molar-refractivity contribution is 8.01. The molecule has 4 heterocycles. The number of nitrogens with one attached hydrogen (secondary N) is 1. The number of nitrogens with zero attached hydrogens (tertiary/aromatic N) is 1. The van der Waals surface area contributed by atoms with Crippen molar-refractivity contribution in [3.8, 4) is 0 Å². The van der Waals surface area contributed by atoms with Crippen molar-refractivity contribution in [2.75, 3.05) is 13.1 Å². The minimum absolute atomic E-state index is 0.139. The summed E-state index contributed by atoms with van der Waals surface area (Å²) >= 11 is 15.9. The summed E-state index contributed by atoms with van der Waals surface area (Å²) in [4.78, 5) is 17.3. The number of thioether (sulfide) groups is 1. The van der Waals surface area contributed by atoms with Crippen LogP contribution in [0.1, 0.15) is 56.6 Å². The van der Waals surface area contributed by atoms with E-state index in [0.29, 0.717) is 6.42 Å². The van der Waals surface area contributed by atoms with Gasteiger partial charge in [0.1, 0.15) is 5.66 Å². The molecule has 7 heteroatoms. The summed E-state index contributed by atoms with van der Waals surface area (Å²) in [7, 11) is 0. The fraction of sp³-hybridized carbons (Fsp3) is 0.320. The van der Waals surface area contributed by atoms with Crippen molar-refractivity contribution in [1.82, 2.24) is 10.2 Å². The molecule has 0 spiro atoms. The molecule has 32 heavy (non-hydrogen) atoms. The highest BCUT2D eigenvalue weighted by Gasteiger charge is 2.50. The van der Waals surface area contributed by atoms with Crippen LogP contribution in [0.4, 0.5) is 0 Å². The number of benzene rings is 2. The van der Waals surface area contributed by atoms with Crippen LogP contribution in [0.3, 0.4) is 0 Å². The molecule has 3 nitrogen and oxygen atoms in total. The third kappa shape index (κ3) is 3.29. The Hall–Kier alpha value is -1.34. The monoisotopic (exact) mass is 500 g/mol. The molecular weight excluding hydrogens is 479 g/mol. The van der Waals surface area contributed by atoms with Crippen molar-refractivity contribution in [3.05, 3.63) is 85.7 Å². The standard InChI is InChI=1S/C25H22Cl2N2OS2/c1-25-23-18(12-19(29(25)11-10-28-25)14-2-6-16(26)7-3-14)22-20(30)13-21(31-24(22)32-23)15-4-8-17(27)9-5-15/h2-9,19,21,28H,10-13H2,1H3. The molecule has 3 atom stereocenters. The maximum atomic E-state index is 13.5. The van der Waals surface area contributed by atoms with Gasteiger partial charge in [-0.3, -0.25) is 15.0 Å². The van der Waals surface area contributed by atoms with Gasteiger partial charge >= 0.3 is 0 Å². The Balaban J connectivity index is 1.42. The van der Waals surface area contributed by atoms with E-state index in [1.165, 1.54) is 16.0 Å². The Bertz CT molecular complexity index is 1210. The average Bonchev–Trinajstić information content (AvgIpc) is 3.36. The smallest absolute Gasteiger partial charge is 0.166 e. The second-order valence-electron chi connectivity index (χ2n) is 8.82. The summed E-state index contributed by atoms with van der Waals surface area (Å²) in [6, 6.07) is 16.3. The third-order valence-electron chi connectivity index (χ3n) is 6.98. The highest BCUT2D eigenvalue weighted by Crippen LogP contribution is 2.56. The molecule has 3 aromatic rings. The summed E-state index contributed by atoms with van der Waals surface area (Å²) in [5.41, 5.74) is 4.37. The fourth-order valence-electron chi connectivity index (χ4n) is 5.41. The van der Waals surface area contributed by atoms with E-state index in [4.69, 9.17) is 23.2 Å². The first-order valence-electron chi connectivity index (χ1n) is 10.8. The largest absolute Gasteiger partial charge is 0.294 e. The molecule has 3 aliphatic rings. The van der Waals surface area contributed by atoms with Gasteiger partial charge in [-0.2, -0.15) is 0 Å². The molecule has 0 amide bonds. The molecule has 0 radical (unpaired) electrons. The lowest BCUT2D eigenvalue weighted by Crippen LogP contribution is -2.50. The van der Waals surface area contributed by atoms with E-state index in [1.807, 2.05) is 59.5 Å². The molecule has 1 N–H and O–H groups in total. The van der Waals surface area contributed by atoms with Crippen LogP contribution in [-0.2, 0) is 12.1 Å². The number of ketones is 1. The van der Waals surface area contributed by atoms with Gasteiger partial charge < -0.3 is 0 Å². The zero-order valence-electron chi connectivity index (χ0n) is 17.5. The molecule has 3 unspecified atom stereocenters. The van der Waals surface area contributed by atoms with Gasteiger partial charge in [0.2, 0.25) is 0 Å². The molecule has 164 valence electrons. The molecule has 2 aromatic carbocycles. The lowest BCUT2D eigenvalue weighted by Gasteiger charge is -2.45. The van der Waals surface area contributed by atoms with Crippen LogP contribution in [0, 0.1) is 0 Å². The van der Waals surface area contributed by atoms with E-state index in [2.05, 4.69) is 29.3 Å². The van der Waals surface area contributed by atoms with Crippen LogP contribution in [0.5, 0.6) is 0 Å². The Morgan fingerprint density at radius 3 is 2.34 bits per heavy atom. The van der Waals surface area contributed by atoms with Gasteiger partial charge in [0.25, 0.3) is 0 Å². The number of hydrogen-bond donors (Lipinski definition) is 1. The first kappa shape index (κ1) is 21.2. The van der Waals surface area contributed by atoms with Gasteiger partial charge in [-0.05, 0) is 54.3 Å². The van der Waals surface area contributed by atoms with Crippen LogP contribution in [0.25, 0.3) is 0 Å². The van der Waals surface area contributed by atoms with E-state index in [0.717, 1.165) is 44.9 Å². The van der Waals surface area contributed by atoms with Crippen molar-refractivity contribution < 1.29 is 4.79 Å². The van der Waals surface area contributed by atoms with Crippen molar-refractivity contribution in [2.24, 2.45) is 0 Å². The van der Waals surface area contributed by atoms with Gasteiger partial charge in [0.05, 0.1) is 4.21 Å². The number of carbonyl (C=O) groups excluding carboxylic acids is 1. The number of hydrogen-bond acceptors (Lipinski definition) is 5. The van der Waals surface area contributed by atoms with Gasteiger partial charge in [0.15, 0.2) is 5.78 Å². The average molecular weight is 502 g/mol. The van der Waals surface area contributed by atoms with Crippen LogP contribution in [-0.4, -0.2) is 23.8 Å². The molecule has 0 aliphatic carbocycles. The lowest BCUT2D eigenvalue weighted by molar-refractivity contribution is 0.0712. The molecule has 1 aromatic heterocycles. The second-order valence-corrected chi connectivity index (χ2v) is 12.2. The summed E-state index contributed by atoms with van der Waals surface area (Å²) in [6.07, 6.45) is 1.39. The predicted octanol–water partition coefficient (Wildman–Crippen LogP) is 6.85. The Morgan fingerprint density at radius 2 is 1.66 bits per heavy atom. The minimum Gasteiger partial charge on any atom is -0.294 e. The van der Waals surface area contributed by atoms with Gasteiger partial charge in [-0.25, -0.2) is 0 Å². The van der Waals surface area contributed by atoms with Gasteiger partial charge in [-0.1, -0.05) is 47.5 Å². The van der Waals surface area contributed by atoms with E-state index in [9.17, 15) is 4.79 Å². The second kappa shape index (κ2) is 7.86. The molecule has 1 saturated heterocycles. The van der Waals surface area contributed by atoms with Crippen molar-refractivity contribution >= 4 is 52.1 Å². The molecule has 6 rings (SSSR count). The molecule has 1 fully saturated rings. The van der Waals surface area contributed by atoms with Crippen molar-refractivity contribution in [3.63, 3.8) is 0 Å². The summed E-state index contributed by atoms with van der Waals surface area (Å²) in [5.74, 6) is 0.265. The summed E-state index contributed by atoms with van der Waals surface area (Å²) in [5, 5.41) is 5.36. The third-order valence-corrected chi connectivity index (χ3v) is 10.4. The van der Waals surface area contributed by atoms with E-state index >= 15 is 0 Å². The van der Waals surface area contributed by atoms with Crippen molar-refractivity contribution in [1.29, 1.82) is 0 Å². The van der Waals surface area contributed by atoms with E-state index < -0.39 is 0 Å². The zero-order chi connectivity index (χ0) is 22.0. The first-order valence-corrected chi connectivity index (χ1v) is 13.3. The zero-order valence-corrected chi connectivity index (χ0v) is 20.7. The topological polar surface area (TPSA) is 32.3 Å². The highest BCUT2D eigenvalue weighted by atomic mass is 35.5. The first-order chi connectivity index (χ1) is 15.4. The number of rotatable bonds is 2. The van der Waals surface area contributed by atoms with Gasteiger partial charge in [-0.15, -0.1) is 23.1 Å². The minimum atomic E-state index is -0.253. The van der Waals surface area contributed by atoms with Crippen molar-refractivity contribution in [2.45, 2.75) is 40.9 Å².